The van der Waals surface area contributed by atoms with E-state index in [2.05, 4.69) is 0 Å². The van der Waals surface area contributed by atoms with Gasteiger partial charge in [-0.2, -0.15) is 0 Å². The van der Waals surface area contributed by atoms with Crippen LogP contribution in [0.1, 0.15) is 18.4 Å². The van der Waals surface area contributed by atoms with Crippen LogP contribution in [0.2, 0.25) is 0 Å². The third-order valence-electron chi connectivity index (χ3n) is 3.11. The predicted octanol–water partition coefficient (Wildman–Crippen LogP) is 3.53. The van der Waals surface area contributed by atoms with Crippen LogP contribution in [0.5, 0.6) is 5.75 Å². The maximum absolute atomic E-state index is 13.7. The summed E-state index contributed by atoms with van der Waals surface area (Å²) in [5, 5.41) is 18.8. The van der Waals surface area contributed by atoms with Crippen LogP contribution >= 0.6 is 0 Å². The van der Waals surface area contributed by atoms with Gasteiger partial charge >= 0.3 is 5.97 Å². The van der Waals surface area contributed by atoms with Crippen molar-refractivity contribution in [3.05, 3.63) is 53.6 Å². The minimum Gasteiger partial charge on any atom is -0.507 e. The van der Waals surface area contributed by atoms with Gasteiger partial charge in [0.05, 0.1) is 5.92 Å². The summed E-state index contributed by atoms with van der Waals surface area (Å²) in [5.41, 5.74) is 0.642. The zero-order chi connectivity index (χ0) is 14.9. The molecular formula is C15H12F2O3. The molecule has 0 fully saturated rings. The van der Waals surface area contributed by atoms with E-state index in [0.717, 1.165) is 12.1 Å². The summed E-state index contributed by atoms with van der Waals surface area (Å²) in [4.78, 5) is 10.9. The van der Waals surface area contributed by atoms with Crippen molar-refractivity contribution in [3.63, 3.8) is 0 Å². The molecule has 0 aliphatic heterocycles. The minimum atomic E-state index is -1.02. The Balaban J connectivity index is 2.47. The van der Waals surface area contributed by atoms with Crippen LogP contribution in [0.4, 0.5) is 8.78 Å². The van der Waals surface area contributed by atoms with Crippen molar-refractivity contribution >= 4 is 5.97 Å². The van der Waals surface area contributed by atoms with E-state index < -0.39 is 23.5 Å². The van der Waals surface area contributed by atoms with Crippen molar-refractivity contribution in [1.29, 1.82) is 0 Å². The number of hydrogen-bond donors (Lipinski definition) is 2. The second-order valence-corrected chi connectivity index (χ2v) is 4.46. The Bertz CT molecular complexity index is 668. The zero-order valence-corrected chi connectivity index (χ0v) is 10.6. The number of phenols is 1. The van der Waals surface area contributed by atoms with E-state index in [9.17, 15) is 18.7 Å². The van der Waals surface area contributed by atoms with Crippen molar-refractivity contribution in [2.24, 2.45) is 0 Å². The maximum Gasteiger partial charge on any atom is 0.310 e. The molecule has 2 rings (SSSR count). The molecule has 0 bridgehead atoms. The number of hydrogen-bond acceptors (Lipinski definition) is 2. The van der Waals surface area contributed by atoms with E-state index >= 15 is 0 Å². The van der Waals surface area contributed by atoms with E-state index in [1.807, 2.05) is 0 Å². The lowest BCUT2D eigenvalue weighted by Crippen LogP contribution is -2.07. The first-order valence-corrected chi connectivity index (χ1v) is 5.91. The van der Waals surface area contributed by atoms with Gasteiger partial charge < -0.3 is 10.2 Å². The first-order chi connectivity index (χ1) is 9.40. The molecule has 0 saturated heterocycles. The number of halogens is 2. The summed E-state index contributed by atoms with van der Waals surface area (Å²) in [6.45, 7) is 1.48. The fourth-order valence-electron chi connectivity index (χ4n) is 1.90. The largest absolute Gasteiger partial charge is 0.507 e. The molecule has 104 valence electrons. The summed E-state index contributed by atoms with van der Waals surface area (Å²) in [6, 6.07) is 7.22. The summed E-state index contributed by atoms with van der Waals surface area (Å²) in [6.07, 6.45) is 0. The average molecular weight is 278 g/mol. The molecule has 2 N–H and O–H groups in total. The van der Waals surface area contributed by atoms with Crippen LogP contribution in [0, 0.1) is 11.6 Å². The first kappa shape index (κ1) is 14.0. The standard InChI is InChI=1S/C15H12F2O3/c1-8(15(19)20)9-2-4-12(14(18)6-9)11-5-3-10(16)7-13(11)17/h2-8,18H,1H3,(H,19,20). The number of carboxylic acids is 1. The van der Waals surface area contributed by atoms with Gasteiger partial charge in [-0.3, -0.25) is 4.79 Å². The molecule has 0 aliphatic rings. The molecule has 1 atom stereocenters. The van der Waals surface area contributed by atoms with Gasteiger partial charge in [0.15, 0.2) is 0 Å². The van der Waals surface area contributed by atoms with Crippen LogP contribution in [0.25, 0.3) is 11.1 Å². The van der Waals surface area contributed by atoms with Gasteiger partial charge in [0.25, 0.3) is 0 Å². The van der Waals surface area contributed by atoms with Crippen molar-refractivity contribution in [1.82, 2.24) is 0 Å². The number of benzene rings is 2. The molecule has 2 aromatic carbocycles. The van der Waals surface area contributed by atoms with Crippen molar-refractivity contribution in [2.75, 3.05) is 0 Å². The van der Waals surface area contributed by atoms with Gasteiger partial charge in [-0.05, 0) is 30.7 Å². The molecule has 5 heteroatoms. The third-order valence-corrected chi connectivity index (χ3v) is 3.11. The fraction of sp³-hybridized carbons (Fsp3) is 0.133. The molecule has 0 heterocycles. The second kappa shape index (κ2) is 5.28. The third kappa shape index (κ3) is 2.61. The van der Waals surface area contributed by atoms with Crippen LogP contribution < -0.4 is 0 Å². The van der Waals surface area contributed by atoms with Crippen LogP contribution in [-0.4, -0.2) is 16.2 Å². The van der Waals surface area contributed by atoms with Gasteiger partial charge in [0.2, 0.25) is 0 Å². The molecule has 2 aromatic rings. The van der Waals surface area contributed by atoms with Crippen molar-refractivity contribution in [2.45, 2.75) is 12.8 Å². The molecule has 20 heavy (non-hydrogen) atoms. The topological polar surface area (TPSA) is 57.5 Å². The highest BCUT2D eigenvalue weighted by atomic mass is 19.1. The monoisotopic (exact) mass is 278 g/mol. The molecule has 0 spiro atoms. The van der Waals surface area contributed by atoms with Gasteiger partial charge in [-0.15, -0.1) is 0 Å². The molecule has 3 nitrogen and oxygen atoms in total. The van der Waals surface area contributed by atoms with E-state index in [0.29, 0.717) is 5.56 Å². The molecule has 0 aliphatic carbocycles. The average Bonchev–Trinajstić information content (AvgIpc) is 2.38. The molecule has 0 radical (unpaired) electrons. The Morgan fingerprint density at radius 2 is 1.75 bits per heavy atom. The van der Waals surface area contributed by atoms with E-state index in [-0.39, 0.29) is 16.9 Å². The van der Waals surface area contributed by atoms with Gasteiger partial charge in [-0.25, -0.2) is 8.78 Å². The molecule has 1 unspecified atom stereocenters. The minimum absolute atomic E-state index is 0.0541. The van der Waals surface area contributed by atoms with Crippen molar-refractivity contribution in [3.8, 4) is 16.9 Å². The number of rotatable bonds is 3. The van der Waals surface area contributed by atoms with Crippen molar-refractivity contribution < 1.29 is 23.8 Å². The lowest BCUT2D eigenvalue weighted by atomic mass is 9.96. The van der Waals surface area contributed by atoms with Crippen LogP contribution in [0.3, 0.4) is 0 Å². The Kier molecular flexibility index (Phi) is 3.70. The molecule has 0 amide bonds. The van der Waals surface area contributed by atoms with Gasteiger partial charge in [-0.1, -0.05) is 12.1 Å². The van der Waals surface area contributed by atoms with Gasteiger partial charge in [0, 0.05) is 17.2 Å². The first-order valence-electron chi connectivity index (χ1n) is 5.91. The highest BCUT2D eigenvalue weighted by Crippen LogP contribution is 2.33. The normalized spacial score (nSPS) is 12.2. The summed E-state index contributed by atoms with van der Waals surface area (Å²) < 4.78 is 26.5. The summed E-state index contributed by atoms with van der Waals surface area (Å²) in [7, 11) is 0. The molecule has 0 aromatic heterocycles. The number of carbonyl (C=O) groups is 1. The number of phenolic OH excluding ortho intramolecular Hbond substituents is 1. The highest BCUT2D eigenvalue weighted by Gasteiger charge is 2.17. The Hall–Kier alpha value is -2.43. The number of aromatic hydroxyl groups is 1. The summed E-state index contributed by atoms with van der Waals surface area (Å²) >= 11 is 0. The predicted molar refractivity (Wildman–Crippen MR) is 69.5 cm³/mol. The SMILES string of the molecule is CC(C(=O)O)c1ccc(-c2ccc(F)cc2F)c(O)c1. The number of carboxylic acid groups (broad SMARTS) is 1. The van der Waals surface area contributed by atoms with Crippen LogP contribution in [-0.2, 0) is 4.79 Å². The van der Waals surface area contributed by atoms with Gasteiger partial charge in [0.1, 0.15) is 17.4 Å². The molecular weight excluding hydrogens is 266 g/mol. The highest BCUT2D eigenvalue weighted by molar-refractivity contribution is 5.77. The van der Waals surface area contributed by atoms with E-state index in [4.69, 9.17) is 5.11 Å². The zero-order valence-electron chi connectivity index (χ0n) is 10.6. The smallest absolute Gasteiger partial charge is 0.310 e. The quantitative estimate of drug-likeness (QED) is 0.903. The molecule has 0 saturated carbocycles. The lowest BCUT2D eigenvalue weighted by Gasteiger charge is -2.11. The Morgan fingerprint density at radius 3 is 2.30 bits per heavy atom. The van der Waals surface area contributed by atoms with Crippen LogP contribution in [0.15, 0.2) is 36.4 Å². The van der Waals surface area contributed by atoms with E-state index in [1.165, 1.54) is 31.2 Å². The second-order valence-electron chi connectivity index (χ2n) is 4.46. The van der Waals surface area contributed by atoms with E-state index in [1.54, 1.807) is 0 Å². The summed E-state index contributed by atoms with van der Waals surface area (Å²) in [5.74, 6) is -3.56. The number of aliphatic carboxylic acids is 1. The fourth-order valence-corrected chi connectivity index (χ4v) is 1.90. The Morgan fingerprint density at radius 1 is 1.10 bits per heavy atom. The Labute approximate surface area is 114 Å². The maximum atomic E-state index is 13.7. The lowest BCUT2D eigenvalue weighted by molar-refractivity contribution is -0.138.